The molecule has 0 spiro atoms. The molecule has 0 radical (unpaired) electrons. The van der Waals surface area contributed by atoms with Gasteiger partial charge in [-0.05, 0) is 29.8 Å². The Morgan fingerprint density at radius 1 is 1.20 bits per heavy atom. The zero-order chi connectivity index (χ0) is 17.5. The van der Waals surface area contributed by atoms with Crippen LogP contribution < -0.4 is 10.1 Å². The van der Waals surface area contributed by atoms with E-state index in [-0.39, 0.29) is 5.91 Å². The van der Waals surface area contributed by atoms with E-state index < -0.39 is 0 Å². The van der Waals surface area contributed by atoms with Crippen molar-refractivity contribution in [2.45, 2.75) is 11.4 Å². The summed E-state index contributed by atoms with van der Waals surface area (Å²) in [5, 5.41) is 7.17. The first kappa shape index (κ1) is 17.1. The zero-order valence-corrected chi connectivity index (χ0v) is 14.7. The fourth-order valence-electron chi connectivity index (χ4n) is 2.34. The lowest BCUT2D eigenvalue weighted by molar-refractivity contribution is -0.113. The lowest BCUT2D eigenvalue weighted by atomic mass is 10.2. The zero-order valence-electron chi connectivity index (χ0n) is 13.9. The Labute approximate surface area is 151 Å². The molecule has 1 N–H and O–H groups in total. The predicted molar refractivity (Wildman–Crippen MR) is 100 cm³/mol. The molecule has 1 amide bonds. The van der Waals surface area contributed by atoms with Gasteiger partial charge in [0, 0.05) is 11.1 Å². The minimum absolute atomic E-state index is 0.0465. The molecule has 0 unspecified atom stereocenters. The van der Waals surface area contributed by atoms with Gasteiger partial charge in [-0.25, -0.2) is 0 Å². The summed E-state index contributed by atoms with van der Waals surface area (Å²) < 4.78 is 7.01. The average Bonchev–Trinajstić information content (AvgIpc) is 3.07. The molecule has 0 bridgehead atoms. The fraction of sp³-hybridized carbons (Fsp3) is 0.158. The Bertz CT molecular complexity index is 833. The Kier molecular flexibility index (Phi) is 5.74. The summed E-state index contributed by atoms with van der Waals surface area (Å²) in [4.78, 5) is 13.1. The van der Waals surface area contributed by atoms with Crippen LogP contribution in [0.25, 0.3) is 0 Å². The van der Waals surface area contributed by atoms with Crippen LogP contribution in [0.2, 0.25) is 0 Å². The molecule has 3 aromatic rings. The molecule has 2 aromatic carbocycles. The summed E-state index contributed by atoms with van der Waals surface area (Å²) in [5.74, 6) is 1.14. The Balaban J connectivity index is 1.53. The molecule has 0 saturated heterocycles. The van der Waals surface area contributed by atoms with Crippen LogP contribution in [0.4, 0.5) is 5.69 Å². The second kappa shape index (κ2) is 8.39. The van der Waals surface area contributed by atoms with Gasteiger partial charge in [0.1, 0.15) is 5.75 Å². The van der Waals surface area contributed by atoms with Crippen molar-refractivity contribution in [1.29, 1.82) is 0 Å². The molecule has 5 nitrogen and oxygen atoms in total. The highest BCUT2D eigenvalue weighted by Crippen LogP contribution is 2.18. The standard InChI is InChI=1S/C19H19N3O2S/c1-24-17-7-5-6-15(10-17)12-22-13-16(11-20-22)21-19(23)14-25-18-8-3-2-4-9-18/h2-11,13H,12,14H2,1H3,(H,21,23). The van der Waals surface area contributed by atoms with Crippen molar-refractivity contribution < 1.29 is 9.53 Å². The number of nitrogens with one attached hydrogen (secondary N) is 1. The number of anilines is 1. The average molecular weight is 353 g/mol. The molecule has 3 rings (SSSR count). The van der Waals surface area contributed by atoms with E-state index in [4.69, 9.17) is 4.74 Å². The van der Waals surface area contributed by atoms with Crippen molar-refractivity contribution >= 4 is 23.4 Å². The van der Waals surface area contributed by atoms with Crippen LogP contribution in [-0.4, -0.2) is 28.6 Å². The number of amides is 1. The molecule has 25 heavy (non-hydrogen) atoms. The molecule has 0 atom stereocenters. The van der Waals surface area contributed by atoms with Crippen LogP contribution in [-0.2, 0) is 11.3 Å². The Morgan fingerprint density at radius 3 is 2.84 bits per heavy atom. The molecular formula is C19H19N3O2S. The number of benzene rings is 2. The summed E-state index contributed by atoms with van der Waals surface area (Å²) in [6.45, 7) is 0.617. The number of aromatic nitrogens is 2. The van der Waals surface area contributed by atoms with Crippen LogP contribution in [0.3, 0.4) is 0 Å². The van der Waals surface area contributed by atoms with Crippen molar-refractivity contribution in [3.05, 3.63) is 72.6 Å². The van der Waals surface area contributed by atoms with Crippen molar-refractivity contribution in [3.8, 4) is 5.75 Å². The first-order chi connectivity index (χ1) is 12.2. The molecule has 1 heterocycles. The highest BCUT2D eigenvalue weighted by molar-refractivity contribution is 8.00. The van der Waals surface area contributed by atoms with Gasteiger partial charge in [-0.15, -0.1) is 11.8 Å². The molecule has 6 heteroatoms. The van der Waals surface area contributed by atoms with E-state index in [0.29, 0.717) is 18.0 Å². The smallest absolute Gasteiger partial charge is 0.234 e. The van der Waals surface area contributed by atoms with Gasteiger partial charge >= 0.3 is 0 Å². The highest BCUT2D eigenvalue weighted by atomic mass is 32.2. The second-order valence-electron chi connectivity index (χ2n) is 5.43. The largest absolute Gasteiger partial charge is 0.497 e. The van der Waals surface area contributed by atoms with Crippen molar-refractivity contribution in [2.24, 2.45) is 0 Å². The van der Waals surface area contributed by atoms with Crippen molar-refractivity contribution in [1.82, 2.24) is 9.78 Å². The molecule has 0 aliphatic heterocycles. The van der Waals surface area contributed by atoms with Gasteiger partial charge in [-0.3, -0.25) is 9.48 Å². The van der Waals surface area contributed by atoms with Gasteiger partial charge in [0.05, 0.1) is 31.3 Å². The summed E-state index contributed by atoms with van der Waals surface area (Å²) >= 11 is 1.51. The van der Waals surface area contributed by atoms with Gasteiger partial charge in [0.25, 0.3) is 0 Å². The van der Waals surface area contributed by atoms with Crippen LogP contribution in [0.5, 0.6) is 5.75 Å². The normalized spacial score (nSPS) is 10.4. The fourth-order valence-corrected chi connectivity index (χ4v) is 3.05. The van der Waals surface area contributed by atoms with E-state index >= 15 is 0 Å². The third-order valence-electron chi connectivity index (χ3n) is 3.51. The van der Waals surface area contributed by atoms with E-state index in [1.54, 1.807) is 18.0 Å². The van der Waals surface area contributed by atoms with Crippen molar-refractivity contribution in [3.63, 3.8) is 0 Å². The van der Waals surface area contributed by atoms with E-state index in [2.05, 4.69) is 10.4 Å². The van der Waals surface area contributed by atoms with E-state index in [9.17, 15) is 4.79 Å². The lowest BCUT2D eigenvalue weighted by Crippen LogP contribution is -2.13. The molecule has 0 aliphatic rings. The molecule has 0 fully saturated rings. The predicted octanol–water partition coefficient (Wildman–Crippen LogP) is 3.67. The van der Waals surface area contributed by atoms with Gasteiger partial charge < -0.3 is 10.1 Å². The van der Waals surface area contributed by atoms with Gasteiger partial charge in [-0.2, -0.15) is 5.10 Å². The van der Waals surface area contributed by atoms with Gasteiger partial charge in [0.2, 0.25) is 5.91 Å². The lowest BCUT2D eigenvalue weighted by Gasteiger charge is -2.05. The van der Waals surface area contributed by atoms with E-state index in [0.717, 1.165) is 16.2 Å². The third kappa shape index (κ3) is 5.12. The molecule has 1 aromatic heterocycles. The number of thioether (sulfide) groups is 1. The number of methoxy groups -OCH3 is 1. The Hall–Kier alpha value is -2.73. The van der Waals surface area contributed by atoms with Crippen molar-refractivity contribution in [2.75, 3.05) is 18.2 Å². The number of nitrogens with zero attached hydrogens (tertiary/aromatic N) is 2. The molecule has 0 aliphatic carbocycles. The van der Waals surface area contributed by atoms with Crippen LogP contribution in [0.15, 0.2) is 71.9 Å². The topological polar surface area (TPSA) is 56.1 Å². The SMILES string of the molecule is COc1cccc(Cn2cc(NC(=O)CSc3ccccc3)cn2)c1. The first-order valence-corrected chi connectivity index (χ1v) is 8.84. The van der Waals surface area contributed by atoms with Crippen LogP contribution >= 0.6 is 11.8 Å². The van der Waals surface area contributed by atoms with E-state index in [1.165, 1.54) is 11.8 Å². The second-order valence-corrected chi connectivity index (χ2v) is 6.48. The van der Waals surface area contributed by atoms with Crippen LogP contribution in [0, 0.1) is 0 Å². The summed E-state index contributed by atoms with van der Waals surface area (Å²) in [6.07, 6.45) is 3.48. The minimum atomic E-state index is -0.0465. The molecular weight excluding hydrogens is 334 g/mol. The maximum Gasteiger partial charge on any atom is 0.234 e. The number of carbonyl (C=O) groups excluding carboxylic acids is 1. The maximum atomic E-state index is 12.1. The number of hydrogen-bond donors (Lipinski definition) is 1. The highest BCUT2D eigenvalue weighted by Gasteiger charge is 2.06. The quantitative estimate of drug-likeness (QED) is 0.659. The van der Waals surface area contributed by atoms with E-state index in [1.807, 2.05) is 60.8 Å². The summed E-state index contributed by atoms with van der Waals surface area (Å²) in [6, 6.07) is 17.7. The number of carbonyl (C=O) groups is 1. The molecule has 128 valence electrons. The molecule has 0 saturated carbocycles. The monoisotopic (exact) mass is 353 g/mol. The third-order valence-corrected chi connectivity index (χ3v) is 4.52. The van der Waals surface area contributed by atoms with Crippen LogP contribution in [0.1, 0.15) is 5.56 Å². The number of hydrogen-bond acceptors (Lipinski definition) is 4. The van der Waals surface area contributed by atoms with Gasteiger partial charge in [-0.1, -0.05) is 30.3 Å². The number of ether oxygens (including phenoxy) is 1. The minimum Gasteiger partial charge on any atom is -0.497 e. The summed E-state index contributed by atoms with van der Waals surface area (Å²) in [5.41, 5.74) is 1.78. The van der Waals surface area contributed by atoms with Gasteiger partial charge in [0.15, 0.2) is 0 Å². The Morgan fingerprint density at radius 2 is 2.04 bits per heavy atom. The number of rotatable bonds is 7. The first-order valence-electron chi connectivity index (χ1n) is 7.86. The summed E-state index contributed by atoms with van der Waals surface area (Å²) in [7, 11) is 1.65. The maximum absolute atomic E-state index is 12.1.